The van der Waals surface area contributed by atoms with Crippen molar-refractivity contribution in [3.63, 3.8) is 0 Å². The normalized spacial score (nSPS) is 13.1. The van der Waals surface area contributed by atoms with E-state index in [-0.39, 0.29) is 0 Å². The summed E-state index contributed by atoms with van der Waals surface area (Å²) in [5, 5.41) is 5.18. The molecular formula is C72H147Al. The smallest absolute Gasteiger partial charge is 0.0910 e. The largest absolute Gasteiger partial charge is 0.262 e. The maximum absolute atomic E-state index is 2.37. The van der Waals surface area contributed by atoms with Crippen LogP contribution in [0.4, 0.5) is 0 Å². The van der Waals surface area contributed by atoms with Crippen LogP contribution in [0, 0.1) is 17.8 Å². The van der Waals surface area contributed by atoms with Crippen molar-refractivity contribution in [1.82, 2.24) is 0 Å². The Morgan fingerprint density at radius 1 is 0.151 bits per heavy atom. The van der Waals surface area contributed by atoms with Crippen LogP contribution in [-0.4, -0.2) is 14.1 Å². The summed E-state index contributed by atoms with van der Waals surface area (Å²) in [7, 11) is 0. The van der Waals surface area contributed by atoms with Gasteiger partial charge in [0.15, 0.2) is 0 Å². The molecule has 3 atom stereocenters. The van der Waals surface area contributed by atoms with Gasteiger partial charge in [-0.25, -0.2) is 0 Å². The molecule has 0 heterocycles. The lowest BCUT2D eigenvalue weighted by atomic mass is 9.94. The van der Waals surface area contributed by atoms with Crippen LogP contribution in [0.5, 0.6) is 0 Å². The third kappa shape index (κ3) is 58.5. The molecule has 438 valence electrons. The third-order valence-corrected chi connectivity index (χ3v) is 22.3. The molecule has 3 unspecified atom stereocenters. The zero-order valence-electron chi connectivity index (χ0n) is 52.9. The molecule has 0 rings (SSSR count). The Hall–Kier alpha value is 0.532. The van der Waals surface area contributed by atoms with Gasteiger partial charge in [-0.1, -0.05) is 460 Å². The summed E-state index contributed by atoms with van der Waals surface area (Å²) in [5.41, 5.74) is 0. The van der Waals surface area contributed by atoms with Gasteiger partial charge in [-0.2, -0.15) is 0 Å². The summed E-state index contributed by atoms with van der Waals surface area (Å²) < 4.78 is 0. The molecule has 1 heteroatoms. The van der Waals surface area contributed by atoms with Gasteiger partial charge < -0.3 is 0 Å². The minimum Gasteiger partial charge on any atom is -0.0910 e. The maximum Gasteiger partial charge on any atom is 0.262 e. The van der Waals surface area contributed by atoms with Gasteiger partial charge in [0, 0.05) is 0 Å². The molecule has 0 aliphatic rings. The standard InChI is InChI=1S/3C24H49.Al/c3*1-4-6-8-10-12-14-15-17-19-21-23-24(3)22-20-18-16-13-11-9-7-5-2;/h3*24H,3-23H2,1-2H3;. The predicted octanol–water partition coefficient (Wildman–Crippen LogP) is 27.9. The number of hydrogen-bond acceptors (Lipinski definition) is 0. The Labute approximate surface area is 471 Å². The molecule has 0 bridgehead atoms. The molecule has 0 radical (unpaired) electrons. The second-order valence-corrected chi connectivity index (χ2v) is 29.0. The van der Waals surface area contributed by atoms with Crippen molar-refractivity contribution in [2.45, 2.75) is 443 Å². The predicted molar refractivity (Wildman–Crippen MR) is 342 cm³/mol. The van der Waals surface area contributed by atoms with Crippen molar-refractivity contribution >= 4 is 14.1 Å². The van der Waals surface area contributed by atoms with Gasteiger partial charge in [0.2, 0.25) is 0 Å². The fraction of sp³-hybridized carbons (Fsp3) is 1.00. The van der Waals surface area contributed by atoms with Crippen molar-refractivity contribution in [1.29, 1.82) is 0 Å². The molecule has 0 saturated heterocycles. The molecule has 0 aromatic carbocycles. The van der Waals surface area contributed by atoms with Crippen molar-refractivity contribution in [3.8, 4) is 0 Å². The molecule has 0 fully saturated rings. The van der Waals surface area contributed by atoms with Gasteiger partial charge in [-0.05, 0) is 0 Å². The van der Waals surface area contributed by atoms with E-state index in [1.54, 1.807) is 73.6 Å². The van der Waals surface area contributed by atoms with Crippen LogP contribution in [0.15, 0.2) is 0 Å². The fourth-order valence-electron chi connectivity index (χ4n) is 13.3. The Balaban J connectivity index is 6.25. The van der Waals surface area contributed by atoms with E-state index in [9.17, 15) is 0 Å². The fourth-order valence-corrected chi connectivity index (χ4v) is 18.1. The molecule has 0 nitrogen and oxygen atoms in total. The Kier molecular flexibility index (Phi) is 65.5. The minimum atomic E-state index is -0.894. The van der Waals surface area contributed by atoms with E-state index in [0.29, 0.717) is 0 Å². The highest BCUT2D eigenvalue weighted by Gasteiger charge is 2.28. The second-order valence-electron chi connectivity index (χ2n) is 25.9. The first kappa shape index (κ1) is 73.5. The van der Waals surface area contributed by atoms with E-state index >= 15 is 0 Å². The second kappa shape index (κ2) is 65.1. The van der Waals surface area contributed by atoms with Gasteiger partial charge in [0.1, 0.15) is 0 Å². The lowest BCUT2D eigenvalue weighted by Crippen LogP contribution is -2.25. The topological polar surface area (TPSA) is 0 Å². The third-order valence-electron chi connectivity index (χ3n) is 18.3. The number of rotatable bonds is 66. The Morgan fingerprint density at radius 3 is 0.384 bits per heavy atom. The van der Waals surface area contributed by atoms with Crippen molar-refractivity contribution in [2.75, 3.05) is 0 Å². The first-order valence-electron chi connectivity index (χ1n) is 36.1. The molecule has 0 aromatic rings. The van der Waals surface area contributed by atoms with E-state index in [0.717, 1.165) is 17.8 Å². The van der Waals surface area contributed by atoms with E-state index in [2.05, 4.69) is 41.5 Å². The SMILES string of the molecule is CCCCCCCCCCCCC(CCCCCCCCCC)[CH2][Al]([CH2]C(CCCCCCCCCC)CCCCCCCCCCCC)[CH2]C(CCCCCCCCCC)CCCCCCCCCCCC. The Bertz CT molecular complexity index is 823. The van der Waals surface area contributed by atoms with Crippen molar-refractivity contribution in [3.05, 3.63) is 0 Å². The summed E-state index contributed by atoms with van der Waals surface area (Å²) >= 11 is -0.894. The van der Waals surface area contributed by atoms with Gasteiger partial charge in [0.25, 0.3) is 14.1 Å². The highest BCUT2D eigenvalue weighted by Crippen LogP contribution is 2.35. The van der Waals surface area contributed by atoms with E-state index in [1.807, 2.05) is 0 Å². The molecule has 0 aliphatic heterocycles. The van der Waals surface area contributed by atoms with Crippen molar-refractivity contribution < 1.29 is 0 Å². The monoisotopic (exact) mass is 1040 g/mol. The number of unbranched alkanes of at least 4 members (excludes halogenated alkanes) is 48. The van der Waals surface area contributed by atoms with E-state index in [1.165, 1.54) is 327 Å². The van der Waals surface area contributed by atoms with E-state index < -0.39 is 14.1 Å². The summed E-state index contributed by atoms with van der Waals surface area (Å²) in [5.74, 6) is 3.15. The van der Waals surface area contributed by atoms with Crippen LogP contribution < -0.4 is 0 Å². The summed E-state index contributed by atoms with van der Waals surface area (Å²) in [4.78, 5) is 0. The zero-order chi connectivity index (χ0) is 52.9. The summed E-state index contributed by atoms with van der Waals surface area (Å²) in [6.07, 6.45) is 89.6. The first-order chi connectivity index (χ1) is 36.1. The van der Waals surface area contributed by atoms with Gasteiger partial charge in [-0.15, -0.1) is 0 Å². The highest BCUT2D eigenvalue weighted by atomic mass is 27.2. The lowest BCUT2D eigenvalue weighted by Gasteiger charge is -2.28. The van der Waals surface area contributed by atoms with Gasteiger partial charge in [-0.3, -0.25) is 0 Å². The van der Waals surface area contributed by atoms with E-state index in [4.69, 9.17) is 0 Å². The molecule has 73 heavy (non-hydrogen) atoms. The van der Waals surface area contributed by atoms with Crippen LogP contribution in [0.3, 0.4) is 0 Å². The molecule has 0 saturated carbocycles. The molecule has 0 aromatic heterocycles. The molecule has 0 spiro atoms. The molecule has 0 amide bonds. The molecule has 0 N–H and O–H groups in total. The number of hydrogen-bond donors (Lipinski definition) is 0. The lowest BCUT2D eigenvalue weighted by molar-refractivity contribution is 0.402. The maximum atomic E-state index is 2.37. The van der Waals surface area contributed by atoms with Crippen molar-refractivity contribution in [2.24, 2.45) is 17.8 Å². The summed E-state index contributed by atoms with van der Waals surface area (Å²) in [6.45, 7) is 14.2. The molecular weight excluding hydrogens is 892 g/mol. The Morgan fingerprint density at radius 2 is 0.260 bits per heavy atom. The summed E-state index contributed by atoms with van der Waals surface area (Å²) in [6, 6.07) is 0. The quantitative estimate of drug-likeness (QED) is 0.0421. The first-order valence-corrected chi connectivity index (χ1v) is 38.6. The van der Waals surface area contributed by atoms with Gasteiger partial charge in [0.05, 0.1) is 0 Å². The highest BCUT2D eigenvalue weighted by molar-refractivity contribution is 6.59. The van der Waals surface area contributed by atoms with Crippen LogP contribution in [0.2, 0.25) is 15.8 Å². The van der Waals surface area contributed by atoms with Crippen LogP contribution in [0.1, 0.15) is 427 Å². The minimum absolute atomic E-state index is 0.894. The zero-order valence-corrected chi connectivity index (χ0v) is 54.0. The van der Waals surface area contributed by atoms with Crippen LogP contribution >= 0.6 is 0 Å². The van der Waals surface area contributed by atoms with Crippen LogP contribution in [-0.2, 0) is 0 Å². The molecule has 0 aliphatic carbocycles. The van der Waals surface area contributed by atoms with Crippen LogP contribution in [0.25, 0.3) is 0 Å². The average Bonchev–Trinajstić information content (AvgIpc) is 3.39. The average molecular weight is 1040 g/mol. The van der Waals surface area contributed by atoms with Gasteiger partial charge >= 0.3 is 0 Å².